The molecule has 3 aromatic rings. The van der Waals surface area contributed by atoms with Crippen molar-refractivity contribution >= 4 is 39.3 Å². The van der Waals surface area contributed by atoms with Crippen molar-refractivity contribution < 1.29 is 0 Å². The van der Waals surface area contributed by atoms with E-state index in [0.29, 0.717) is 0 Å². The second-order valence-electron chi connectivity index (χ2n) is 6.79. The van der Waals surface area contributed by atoms with Gasteiger partial charge in [0.1, 0.15) is 0 Å². The van der Waals surface area contributed by atoms with Crippen LogP contribution in [0.4, 0.5) is 0 Å². The number of aryl methyl sites for hydroxylation is 1. The van der Waals surface area contributed by atoms with Crippen LogP contribution in [0.15, 0.2) is 53.0 Å². The molecule has 0 unspecified atom stereocenters. The van der Waals surface area contributed by atoms with Gasteiger partial charge in [-0.1, -0.05) is 66.2 Å². The largest absolute Gasteiger partial charge is 0.179 e. The van der Waals surface area contributed by atoms with Gasteiger partial charge in [-0.15, -0.1) is 0 Å². The van der Waals surface area contributed by atoms with E-state index in [-0.39, 0.29) is 5.41 Å². The minimum Gasteiger partial charge on any atom is -0.179 e. The molecule has 4 rings (SSSR count). The first kappa shape index (κ1) is 15.3. The molecule has 0 fully saturated rings. The van der Waals surface area contributed by atoms with E-state index < -0.39 is 0 Å². The van der Waals surface area contributed by atoms with Crippen LogP contribution in [0.3, 0.4) is 0 Å². The summed E-state index contributed by atoms with van der Waals surface area (Å²) in [7, 11) is 0. The minimum atomic E-state index is 0.0316. The highest BCUT2D eigenvalue weighted by atomic mass is 79.9. The van der Waals surface area contributed by atoms with Crippen LogP contribution < -0.4 is 0 Å². The maximum atomic E-state index is 4.46. The zero-order chi connectivity index (χ0) is 16.2. The summed E-state index contributed by atoms with van der Waals surface area (Å²) in [4.78, 5) is 0. The van der Waals surface area contributed by atoms with E-state index in [4.69, 9.17) is 0 Å². The van der Waals surface area contributed by atoms with Gasteiger partial charge in [-0.05, 0) is 62.9 Å². The quantitative estimate of drug-likeness (QED) is 0.488. The van der Waals surface area contributed by atoms with Gasteiger partial charge in [-0.3, -0.25) is 0 Å². The number of fused-ring (bicyclic) bond motifs is 5. The van der Waals surface area contributed by atoms with Crippen molar-refractivity contribution in [2.75, 3.05) is 5.75 Å². The summed E-state index contributed by atoms with van der Waals surface area (Å²) < 4.78 is 1.15. The Bertz CT molecular complexity index is 925. The van der Waals surface area contributed by atoms with Gasteiger partial charge in [0.05, 0.1) is 0 Å². The molecule has 0 bridgehead atoms. The second kappa shape index (κ2) is 5.39. The Morgan fingerprint density at radius 3 is 2.43 bits per heavy atom. The molecule has 2 heteroatoms. The van der Waals surface area contributed by atoms with Crippen LogP contribution in [-0.2, 0) is 11.8 Å². The molecule has 23 heavy (non-hydrogen) atoms. The highest BCUT2D eigenvalue weighted by molar-refractivity contribution is 9.10. The fraction of sp³-hybridized carbons (Fsp3) is 0.238. The highest BCUT2D eigenvalue weighted by Crippen LogP contribution is 2.52. The Hall–Kier alpha value is -1.25. The molecule has 0 saturated carbocycles. The van der Waals surface area contributed by atoms with Crippen LogP contribution in [0.2, 0.25) is 0 Å². The molecule has 0 aromatic heterocycles. The molecule has 1 aliphatic carbocycles. The van der Waals surface area contributed by atoms with Crippen molar-refractivity contribution in [3.05, 3.63) is 69.7 Å². The molecule has 0 heterocycles. The monoisotopic (exact) mass is 382 g/mol. The number of halogens is 1. The molecule has 0 spiro atoms. The molecule has 0 nitrogen and oxygen atoms in total. The lowest BCUT2D eigenvalue weighted by molar-refractivity contribution is 0.659. The Morgan fingerprint density at radius 2 is 1.70 bits per heavy atom. The number of thiol groups is 1. The summed E-state index contributed by atoms with van der Waals surface area (Å²) in [6, 6.07) is 17.9. The lowest BCUT2D eigenvalue weighted by atomic mass is 9.81. The van der Waals surface area contributed by atoms with Crippen molar-refractivity contribution in [1.29, 1.82) is 0 Å². The molecule has 0 N–H and O–H groups in total. The zero-order valence-electron chi connectivity index (χ0n) is 13.4. The summed E-state index contributed by atoms with van der Waals surface area (Å²) in [5.41, 5.74) is 7.09. The molecular weight excluding hydrogens is 364 g/mol. The first-order chi connectivity index (χ1) is 11.0. The smallest absolute Gasteiger partial charge is 0.0178 e. The van der Waals surface area contributed by atoms with Crippen molar-refractivity contribution in [1.82, 2.24) is 0 Å². The van der Waals surface area contributed by atoms with Crippen LogP contribution >= 0.6 is 28.6 Å². The summed E-state index contributed by atoms with van der Waals surface area (Å²) in [5.74, 6) is 0.877. The summed E-state index contributed by atoms with van der Waals surface area (Å²) in [5, 5.41) is 2.74. The number of hydrogen-bond donors (Lipinski definition) is 1. The minimum absolute atomic E-state index is 0.0316. The second-order valence-corrected chi connectivity index (χ2v) is 8.16. The highest BCUT2D eigenvalue weighted by Gasteiger charge is 2.37. The van der Waals surface area contributed by atoms with Crippen molar-refractivity contribution in [2.45, 2.75) is 25.7 Å². The van der Waals surface area contributed by atoms with E-state index in [1.54, 1.807) is 0 Å². The normalized spacial score (nSPS) is 14.8. The van der Waals surface area contributed by atoms with Gasteiger partial charge in [-0.2, -0.15) is 12.6 Å². The van der Waals surface area contributed by atoms with Crippen molar-refractivity contribution in [3.63, 3.8) is 0 Å². The van der Waals surface area contributed by atoms with Crippen LogP contribution in [0.5, 0.6) is 0 Å². The summed E-state index contributed by atoms with van der Waals surface area (Å²) >= 11 is 8.10. The van der Waals surface area contributed by atoms with E-state index in [9.17, 15) is 0 Å². The fourth-order valence-electron chi connectivity index (χ4n) is 3.96. The third-order valence-electron chi connectivity index (χ3n) is 5.11. The van der Waals surface area contributed by atoms with Crippen LogP contribution in [0, 0.1) is 0 Å². The zero-order valence-corrected chi connectivity index (χ0v) is 15.8. The Kier molecular flexibility index (Phi) is 3.58. The first-order valence-corrected chi connectivity index (χ1v) is 9.43. The molecule has 0 atom stereocenters. The van der Waals surface area contributed by atoms with Gasteiger partial charge in [-0.25, -0.2) is 0 Å². The van der Waals surface area contributed by atoms with Crippen LogP contribution in [0.25, 0.3) is 21.9 Å². The lowest BCUT2D eigenvalue weighted by Gasteiger charge is -2.23. The third-order valence-corrected chi connectivity index (χ3v) is 5.83. The molecule has 0 aliphatic heterocycles. The van der Waals surface area contributed by atoms with Gasteiger partial charge < -0.3 is 0 Å². The van der Waals surface area contributed by atoms with E-state index >= 15 is 0 Å². The topological polar surface area (TPSA) is 0 Å². The van der Waals surface area contributed by atoms with Crippen molar-refractivity contribution in [3.8, 4) is 11.1 Å². The number of benzene rings is 3. The van der Waals surface area contributed by atoms with Gasteiger partial charge in [0, 0.05) is 9.89 Å². The number of rotatable bonds is 2. The Balaban J connectivity index is 2.15. The number of hydrogen-bond acceptors (Lipinski definition) is 1. The van der Waals surface area contributed by atoms with Gasteiger partial charge >= 0.3 is 0 Å². The van der Waals surface area contributed by atoms with Crippen LogP contribution in [-0.4, -0.2) is 5.75 Å². The molecule has 0 amide bonds. The molecule has 0 radical (unpaired) electrons. The summed E-state index contributed by atoms with van der Waals surface area (Å²) in [6.07, 6.45) is 1.01. The third kappa shape index (κ3) is 2.19. The first-order valence-electron chi connectivity index (χ1n) is 8.00. The Labute approximate surface area is 151 Å². The predicted molar refractivity (Wildman–Crippen MR) is 107 cm³/mol. The fourth-order valence-corrected chi connectivity index (χ4v) is 4.56. The SMILES string of the molecule is CC1(C)c2cc(Br)ccc2-c2c1cc(CCS)c1ccccc21. The van der Waals surface area contributed by atoms with E-state index in [1.165, 1.54) is 38.6 Å². The standard InChI is InChI=1S/C21H19BrS/c1-21(2)18-12-14(22)7-8-17(18)20-16-6-4-3-5-15(16)13(9-10-23)11-19(20)21/h3-8,11-12,23H,9-10H2,1-2H3. The average molecular weight is 383 g/mol. The molecule has 1 aliphatic rings. The van der Waals surface area contributed by atoms with Crippen LogP contribution in [0.1, 0.15) is 30.5 Å². The van der Waals surface area contributed by atoms with E-state index in [0.717, 1.165) is 16.6 Å². The van der Waals surface area contributed by atoms with Gasteiger partial charge in [0.15, 0.2) is 0 Å². The molecule has 0 saturated heterocycles. The van der Waals surface area contributed by atoms with Gasteiger partial charge in [0.25, 0.3) is 0 Å². The van der Waals surface area contributed by atoms with Crippen molar-refractivity contribution in [2.24, 2.45) is 0 Å². The van der Waals surface area contributed by atoms with E-state index in [1.807, 2.05) is 0 Å². The average Bonchev–Trinajstić information content (AvgIpc) is 2.76. The molecule has 116 valence electrons. The van der Waals surface area contributed by atoms with E-state index in [2.05, 4.69) is 90.9 Å². The maximum absolute atomic E-state index is 4.46. The summed E-state index contributed by atoms with van der Waals surface area (Å²) in [6.45, 7) is 4.67. The maximum Gasteiger partial charge on any atom is 0.0178 e. The Morgan fingerprint density at radius 1 is 0.957 bits per heavy atom. The lowest BCUT2D eigenvalue weighted by Crippen LogP contribution is -2.15. The van der Waals surface area contributed by atoms with Gasteiger partial charge in [0.2, 0.25) is 0 Å². The molecular formula is C21H19BrS. The predicted octanol–water partition coefficient (Wildman–Crippen LogP) is 6.38. The molecule has 3 aromatic carbocycles.